The highest BCUT2D eigenvalue weighted by atomic mass is 32.2. The molecule has 0 aliphatic carbocycles. The van der Waals surface area contributed by atoms with Gasteiger partial charge in [0.05, 0.1) is 33.0 Å². The molecule has 0 N–H and O–H groups in total. The van der Waals surface area contributed by atoms with Gasteiger partial charge in [0, 0.05) is 13.7 Å². The third-order valence-electron chi connectivity index (χ3n) is 4.85. The van der Waals surface area contributed by atoms with Crippen molar-refractivity contribution in [1.82, 2.24) is 4.57 Å². The number of benzene rings is 2. The number of carbonyl (C=O) groups excluding carboxylic acids is 1. The molecule has 0 aliphatic heterocycles. The van der Waals surface area contributed by atoms with Gasteiger partial charge in [0.1, 0.15) is 0 Å². The quantitative estimate of drug-likeness (QED) is 0.597. The summed E-state index contributed by atoms with van der Waals surface area (Å²) in [6.07, 6.45) is 0. The molecular formula is C21H24N2O4S2. The topological polar surface area (TPSA) is 77.7 Å². The van der Waals surface area contributed by atoms with Crippen LogP contribution in [0.5, 0.6) is 0 Å². The molecule has 0 atom stereocenters. The first-order valence-corrected chi connectivity index (χ1v) is 11.8. The lowest BCUT2D eigenvalue weighted by atomic mass is 10.1. The van der Waals surface area contributed by atoms with Gasteiger partial charge in [-0.1, -0.05) is 30.4 Å². The van der Waals surface area contributed by atoms with Gasteiger partial charge in [-0.25, -0.2) is 8.42 Å². The Balaban J connectivity index is 2.19. The van der Waals surface area contributed by atoms with Crippen molar-refractivity contribution in [2.75, 3.05) is 19.5 Å². The van der Waals surface area contributed by atoms with E-state index >= 15 is 0 Å². The normalized spacial score (nSPS) is 12.6. The lowest BCUT2D eigenvalue weighted by molar-refractivity contribution is 0.0994. The third-order valence-corrected chi connectivity index (χ3v) is 7.67. The molecule has 3 aromatic rings. The van der Waals surface area contributed by atoms with E-state index in [-0.39, 0.29) is 16.2 Å². The second-order valence-corrected chi connectivity index (χ2v) is 10.0. The molecule has 0 saturated heterocycles. The molecule has 1 amide bonds. The number of carbonyl (C=O) groups is 1. The zero-order valence-electron chi connectivity index (χ0n) is 16.9. The second kappa shape index (κ2) is 8.61. The number of rotatable bonds is 6. The molecule has 3 rings (SSSR count). The SMILES string of the molecule is CCS(=O)(=O)c1ccccc1C(=O)N=c1sc2cc(C)c(C)cc2n1CCOC. The highest BCUT2D eigenvalue weighted by Crippen LogP contribution is 2.23. The molecule has 6 nitrogen and oxygen atoms in total. The van der Waals surface area contributed by atoms with Crippen molar-refractivity contribution in [2.24, 2.45) is 4.99 Å². The molecule has 0 unspecified atom stereocenters. The summed E-state index contributed by atoms with van der Waals surface area (Å²) in [5, 5.41) is 0. The van der Waals surface area contributed by atoms with Crippen LogP contribution in [0.3, 0.4) is 0 Å². The molecule has 8 heteroatoms. The summed E-state index contributed by atoms with van der Waals surface area (Å²) in [6.45, 7) is 6.66. The molecule has 0 saturated carbocycles. The largest absolute Gasteiger partial charge is 0.383 e. The average molecular weight is 433 g/mol. The number of sulfone groups is 1. The summed E-state index contributed by atoms with van der Waals surface area (Å²) in [6, 6.07) is 10.4. The van der Waals surface area contributed by atoms with Crippen molar-refractivity contribution in [2.45, 2.75) is 32.2 Å². The Labute approximate surface area is 174 Å². The van der Waals surface area contributed by atoms with Crippen LogP contribution in [0, 0.1) is 13.8 Å². The first-order chi connectivity index (χ1) is 13.8. The van der Waals surface area contributed by atoms with Crippen LogP contribution in [0.2, 0.25) is 0 Å². The maximum Gasteiger partial charge on any atom is 0.280 e. The molecule has 0 spiro atoms. The third kappa shape index (κ3) is 4.34. The molecule has 1 heterocycles. The van der Waals surface area contributed by atoms with Gasteiger partial charge >= 0.3 is 0 Å². The number of methoxy groups -OCH3 is 1. The van der Waals surface area contributed by atoms with E-state index in [0.717, 1.165) is 21.3 Å². The fourth-order valence-electron chi connectivity index (χ4n) is 3.02. The highest BCUT2D eigenvalue weighted by Gasteiger charge is 2.20. The number of hydrogen-bond acceptors (Lipinski definition) is 5. The van der Waals surface area contributed by atoms with E-state index in [4.69, 9.17) is 4.74 Å². The van der Waals surface area contributed by atoms with E-state index in [9.17, 15) is 13.2 Å². The number of aromatic nitrogens is 1. The van der Waals surface area contributed by atoms with Crippen molar-refractivity contribution < 1.29 is 17.9 Å². The maximum absolute atomic E-state index is 13.0. The van der Waals surface area contributed by atoms with Crippen molar-refractivity contribution in [3.8, 4) is 0 Å². The Bertz CT molecular complexity index is 1240. The lowest BCUT2D eigenvalue weighted by Crippen LogP contribution is -2.20. The first-order valence-electron chi connectivity index (χ1n) is 9.29. The van der Waals surface area contributed by atoms with Crippen molar-refractivity contribution >= 4 is 37.3 Å². The monoisotopic (exact) mass is 432 g/mol. The molecular weight excluding hydrogens is 408 g/mol. The van der Waals surface area contributed by atoms with E-state index in [1.165, 1.54) is 23.5 Å². The average Bonchev–Trinajstić information content (AvgIpc) is 3.02. The van der Waals surface area contributed by atoms with Crippen LogP contribution < -0.4 is 4.80 Å². The van der Waals surface area contributed by atoms with Crippen molar-refractivity contribution in [3.63, 3.8) is 0 Å². The molecule has 2 aromatic carbocycles. The zero-order valence-corrected chi connectivity index (χ0v) is 18.6. The first kappa shape index (κ1) is 21.4. The summed E-state index contributed by atoms with van der Waals surface area (Å²) in [7, 11) is -1.91. The molecule has 0 aliphatic rings. The van der Waals surface area contributed by atoms with Gasteiger partial charge in [0.2, 0.25) is 0 Å². The summed E-state index contributed by atoms with van der Waals surface area (Å²) < 4.78 is 33.0. The molecule has 0 fully saturated rings. The van der Waals surface area contributed by atoms with Gasteiger partial charge in [-0.05, 0) is 49.2 Å². The van der Waals surface area contributed by atoms with Gasteiger partial charge in [-0.2, -0.15) is 4.99 Å². The summed E-state index contributed by atoms with van der Waals surface area (Å²) in [5.74, 6) is -0.643. The number of aryl methyl sites for hydroxylation is 2. The second-order valence-electron chi connectivity index (χ2n) is 6.75. The zero-order chi connectivity index (χ0) is 21.2. The Hall–Kier alpha value is -2.29. The lowest BCUT2D eigenvalue weighted by Gasteiger charge is -2.07. The van der Waals surface area contributed by atoms with Gasteiger partial charge in [-0.15, -0.1) is 0 Å². The van der Waals surface area contributed by atoms with E-state index in [0.29, 0.717) is 18.0 Å². The molecule has 0 bridgehead atoms. The number of ether oxygens (including phenoxy) is 1. The molecule has 29 heavy (non-hydrogen) atoms. The van der Waals surface area contributed by atoms with E-state index in [1.807, 2.05) is 18.4 Å². The van der Waals surface area contributed by atoms with Crippen LogP contribution in [0.25, 0.3) is 10.2 Å². The predicted octanol–water partition coefficient (Wildman–Crippen LogP) is 3.50. The predicted molar refractivity (Wildman–Crippen MR) is 115 cm³/mol. The number of nitrogens with zero attached hydrogens (tertiary/aromatic N) is 2. The Kier molecular flexibility index (Phi) is 6.36. The van der Waals surface area contributed by atoms with Crippen LogP contribution in [0.15, 0.2) is 46.3 Å². The van der Waals surface area contributed by atoms with Crippen LogP contribution in [0.4, 0.5) is 0 Å². The van der Waals surface area contributed by atoms with E-state index in [2.05, 4.69) is 17.1 Å². The van der Waals surface area contributed by atoms with Gasteiger partial charge in [0.15, 0.2) is 14.6 Å². The van der Waals surface area contributed by atoms with Crippen LogP contribution >= 0.6 is 11.3 Å². The number of amides is 1. The molecule has 154 valence electrons. The Morgan fingerprint density at radius 2 is 1.86 bits per heavy atom. The molecule has 1 aromatic heterocycles. The minimum atomic E-state index is -3.53. The van der Waals surface area contributed by atoms with Gasteiger partial charge in [0.25, 0.3) is 5.91 Å². The van der Waals surface area contributed by atoms with Crippen LogP contribution in [-0.4, -0.2) is 38.4 Å². The minimum Gasteiger partial charge on any atom is -0.383 e. The Morgan fingerprint density at radius 3 is 2.55 bits per heavy atom. The van der Waals surface area contributed by atoms with Crippen LogP contribution in [0.1, 0.15) is 28.4 Å². The van der Waals surface area contributed by atoms with Crippen LogP contribution in [-0.2, 0) is 21.1 Å². The van der Waals surface area contributed by atoms with Crippen molar-refractivity contribution in [3.05, 3.63) is 57.9 Å². The number of hydrogen-bond donors (Lipinski definition) is 0. The minimum absolute atomic E-state index is 0.0208. The number of thiazole rings is 1. The summed E-state index contributed by atoms with van der Waals surface area (Å²) >= 11 is 1.41. The fraction of sp³-hybridized carbons (Fsp3) is 0.333. The highest BCUT2D eigenvalue weighted by molar-refractivity contribution is 7.91. The molecule has 0 radical (unpaired) electrons. The Morgan fingerprint density at radius 1 is 1.17 bits per heavy atom. The van der Waals surface area contributed by atoms with Gasteiger partial charge in [-0.3, -0.25) is 4.79 Å². The smallest absolute Gasteiger partial charge is 0.280 e. The number of fused-ring (bicyclic) bond motifs is 1. The summed E-state index contributed by atoms with van der Waals surface area (Å²) in [5.41, 5.74) is 3.39. The summed E-state index contributed by atoms with van der Waals surface area (Å²) in [4.78, 5) is 17.8. The van der Waals surface area contributed by atoms with E-state index < -0.39 is 15.7 Å². The van der Waals surface area contributed by atoms with E-state index in [1.54, 1.807) is 26.2 Å². The maximum atomic E-state index is 13.0. The van der Waals surface area contributed by atoms with Gasteiger partial charge < -0.3 is 9.30 Å². The van der Waals surface area contributed by atoms with Crippen molar-refractivity contribution in [1.29, 1.82) is 0 Å². The standard InChI is InChI=1S/C21H24N2O4S2/c1-5-29(25,26)19-9-7-6-8-16(19)20(24)22-21-23(10-11-27-4)17-12-14(2)15(3)13-18(17)28-21/h6-9,12-13H,5,10-11H2,1-4H3. The fourth-order valence-corrected chi connectivity index (χ4v) is 5.24.